The van der Waals surface area contributed by atoms with E-state index >= 15 is 0 Å². The number of amides is 1. The van der Waals surface area contributed by atoms with Crippen LogP contribution in [0.15, 0.2) is 9.59 Å². The lowest BCUT2D eigenvalue weighted by atomic mass is 10.1. The molecule has 1 aliphatic rings. The van der Waals surface area contributed by atoms with Gasteiger partial charge in [0.05, 0.1) is 11.6 Å². The van der Waals surface area contributed by atoms with Gasteiger partial charge in [0.25, 0.3) is 5.56 Å². The Labute approximate surface area is 122 Å². The first-order valence-electron chi connectivity index (χ1n) is 7.24. The normalized spacial score (nSPS) is 16.0. The molecule has 21 heavy (non-hydrogen) atoms. The minimum atomic E-state index is -0.505. The maximum atomic E-state index is 12.1. The van der Waals surface area contributed by atoms with E-state index in [0.717, 1.165) is 6.42 Å². The number of hydrogen-bond acceptors (Lipinski definition) is 4. The SMILES string of the molecule is CC(C)CCNC(=O)C(C)N1Cc2[nH]c(=O)[nH]c(=O)c2C1. The molecule has 1 aromatic heterocycles. The molecule has 3 N–H and O–H groups in total. The molecule has 0 spiro atoms. The van der Waals surface area contributed by atoms with Crippen molar-refractivity contribution in [2.24, 2.45) is 5.92 Å². The minimum Gasteiger partial charge on any atom is -0.355 e. The molecule has 1 amide bonds. The summed E-state index contributed by atoms with van der Waals surface area (Å²) in [6.07, 6.45) is 0.936. The number of H-pyrrole nitrogens is 2. The number of rotatable bonds is 5. The third-order valence-corrected chi connectivity index (χ3v) is 3.80. The second kappa shape index (κ2) is 6.26. The summed E-state index contributed by atoms with van der Waals surface area (Å²) in [6, 6.07) is -0.340. The summed E-state index contributed by atoms with van der Waals surface area (Å²) in [5.41, 5.74) is 0.264. The summed E-state index contributed by atoms with van der Waals surface area (Å²) in [5.74, 6) is 0.488. The van der Waals surface area contributed by atoms with E-state index in [2.05, 4.69) is 29.1 Å². The number of carbonyl (C=O) groups is 1. The number of carbonyl (C=O) groups excluding carboxylic acids is 1. The monoisotopic (exact) mass is 294 g/mol. The molecule has 1 atom stereocenters. The van der Waals surface area contributed by atoms with Crippen molar-refractivity contribution < 1.29 is 4.79 Å². The van der Waals surface area contributed by atoms with Crippen molar-refractivity contribution in [2.45, 2.75) is 46.3 Å². The lowest BCUT2D eigenvalue weighted by Crippen LogP contribution is -2.43. The van der Waals surface area contributed by atoms with E-state index in [4.69, 9.17) is 0 Å². The van der Waals surface area contributed by atoms with Crippen LogP contribution in [0.2, 0.25) is 0 Å². The lowest BCUT2D eigenvalue weighted by molar-refractivity contribution is -0.126. The fraction of sp³-hybridized carbons (Fsp3) is 0.643. The summed E-state index contributed by atoms with van der Waals surface area (Å²) in [7, 11) is 0. The van der Waals surface area contributed by atoms with Gasteiger partial charge in [0, 0.05) is 25.3 Å². The van der Waals surface area contributed by atoms with Crippen LogP contribution >= 0.6 is 0 Å². The van der Waals surface area contributed by atoms with E-state index in [9.17, 15) is 14.4 Å². The van der Waals surface area contributed by atoms with E-state index in [1.807, 2.05) is 11.8 Å². The van der Waals surface area contributed by atoms with Gasteiger partial charge in [0.15, 0.2) is 0 Å². The molecule has 0 radical (unpaired) electrons. The first-order chi connectivity index (χ1) is 9.88. The second-order valence-corrected chi connectivity index (χ2v) is 5.92. The maximum absolute atomic E-state index is 12.1. The number of hydrogen-bond donors (Lipinski definition) is 3. The van der Waals surface area contributed by atoms with Gasteiger partial charge in [0.2, 0.25) is 5.91 Å². The van der Waals surface area contributed by atoms with Crippen molar-refractivity contribution in [3.8, 4) is 0 Å². The van der Waals surface area contributed by atoms with Gasteiger partial charge in [-0.2, -0.15) is 0 Å². The van der Waals surface area contributed by atoms with Crippen LogP contribution in [0.25, 0.3) is 0 Å². The van der Waals surface area contributed by atoms with Crippen LogP contribution in [0.1, 0.15) is 38.4 Å². The van der Waals surface area contributed by atoms with Gasteiger partial charge < -0.3 is 10.3 Å². The Bertz CT molecular complexity index is 632. The maximum Gasteiger partial charge on any atom is 0.325 e. The molecule has 7 heteroatoms. The molecule has 0 saturated carbocycles. The summed E-state index contributed by atoms with van der Waals surface area (Å²) in [4.78, 5) is 41.8. The van der Waals surface area contributed by atoms with Crippen molar-refractivity contribution in [2.75, 3.05) is 6.54 Å². The van der Waals surface area contributed by atoms with E-state index in [1.165, 1.54) is 0 Å². The average molecular weight is 294 g/mol. The minimum absolute atomic E-state index is 0.0535. The van der Waals surface area contributed by atoms with Gasteiger partial charge in [-0.15, -0.1) is 0 Å². The summed E-state index contributed by atoms with van der Waals surface area (Å²) in [6.45, 7) is 7.46. The molecule has 2 heterocycles. The van der Waals surface area contributed by atoms with E-state index in [0.29, 0.717) is 36.8 Å². The fourth-order valence-corrected chi connectivity index (χ4v) is 2.40. The zero-order valence-electron chi connectivity index (χ0n) is 12.7. The molecule has 116 valence electrons. The Hall–Kier alpha value is -1.89. The predicted molar refractivity (Wildman–Crippen MR) is 78.9 cm³/mol. The van der Waals surface area contributed by atoms with Gasteiger partial charge >= 0.3 is 5.69 Å². The molecule has 7 nitrogen and oxygen atoms in total. The Morgan fingerprint density at radius 1 is 1.24 bits per heavy atom. The van der Waals surface area contributed by atoms with Crippen molar-refractivity contribution in [3.63, 3.8) is 0 Å². The summed E-state index contributed by atoms with van der Waals surface area (Å²) < 4.78 is 0. The van der Waals surface area contributed by atoms with Crippen molar-refractivity contribution >= 4 is 5.91 Å². The first kappa shape index (κ1) is 15.5. The molecule has 0 fully saturated rings. The van der Waals surface area contributed by atoms with E-state index in [-0.39, 0.29) is 17.5 Å². The Kier molecular flexibility index (Phi) is 4.62. The smallest absolute Gasteiger partial charge is 0.325 e. The van der Waals surface area contributed by atoms with Gasteiger partial charge in [-0.25, -0.2) is 4.79 Å². The first-order valence-corrected chi connectivity index (χ1v) is 7.24. The number of nitrogens with zero attached hydrogens (tertiary/aromatic N) is 1. The van der Waals surface area contributed by atoms with Crippen molar-refractivity contribution in [1.82, 2.24) is 20.2 Å². The standard InChI is InChI=1S/C14H22N4O3/c1-8(2)4-5-15-12(19)9(3)18-6-10-11(7-18)16-14(21)17-13(10)20/h8-9H,4-7H2,1-3H3,(H,15,19)(H2,16,17,20,21). The zero-order valence-corrected chi connectivity index (χ0v) is 12.7. The zero-order chi connectivity index (χ0) is 15.6. The van der Waals surface area contributed by atoms with Crippen LogP contribution in [-0.4, -0.2) is 33.4 Å². The largest absolute Gasteiger partial charge is 0.355 e. The van der Waals surface area contributed by atoms with Crippen LogP contribution < -0.4 is 16.6 Å². The number of aromatic amines is 2. The van der Waals surface area contributed by atoms with Gasteiger partial charge in [-0.05, 0) is 19.3 Å². The van der Waals surface area contributed by atoms with Gasteiger partial charge in [-0.1, -0.05) is 13.8 Å². The van der Waals surface area contributed by atoms with Crippen LogP contribution in [0.3, 0.4) is 0 Å². The Balaban J connectivity index is 1.98. The van der Waals surface area contributed by atoms with Crippen LogP contribution in [-0.2, 0) is 17.9 Å². The van der Waals surface area contributed by atoms with E-state index in [1.54, 1.807) is 0 Å². The number of aromatic nitrogens is 2. The topological polar surface area (TPSA) is 98.1 Å². The summed E-state index contributed by atoms with van der Waals surface area (Å²) >= 11 is 0. The highest BCUT2D eigenvalue weighted by molar-refractivity contribution is 5.81. The molecule has 0 aromatic carbocycles. The average Bonchev–Trinajstić information content (AvgIpc) is 2.81. The molecule has 0 saturated heterocycles. The highest BCUT2D eigenvalue weighted by Crippen LogP contribution is 2.18. The van der Waals surface area contributed by atoms with Crippen LogP contribution in [0, 0.1) is 5.92 Å². The quantitative estimate of drug-likeness (QED) is 0.708. The lowest BCUT2D eigenvalue weighted by Gasteiger charge is -2.22. The molecule has 1 unspecified atom stereocenters. The van der Waals surface area contributed by atoms with Gasteiger partial charge in [0.1, 0.15) is 0 Å². The highest BCUT2D eigenvalue weighted by atomic mass is 16.2. The fourth-order valence-electron chi connectivity index (χ4n) is 2.40. The highest BCUT2D eigenvalue weighted by Gasteiger charge is 2.29. The molecule has 1 aliphatic heterocycles. The Morgan fingerprint density at radius 2 is 1.95 bits per heavy atom. The third-order valence-electron chi connectivity index (χ3n) is 3.80. The summed E-state index contributed by atoms with van der Waals surface area (Å²) in [5, 5.41) is 2.90. The van der Waals surface area contributed by atoms with Crippen molar-refractivity contribution in [3.05, 3.63) is 32.1 Å². The van der Waals surface area contributed by atoms with Gasteiger partial charge in [-0.3, -0.25) is 19.5 Å². The number of nitrogens with one attached hydrogen (secondary N) is 3. The second-order valence-electron chi connectivity index (χ2n) is 5.92. The third kappa shape index (κ3) is 3.60. The molecule has 0 bridgehead atoms. The van der Waals surface area contributed by atoms with Crippen LogP contribution in [0.5, 0.6) is 0 Å². The molecular formula is C14H22N4O3. The molecule has 2 rings (SSSR count). The van der Waals surface area contributed by atoms with E-state index < -0.39 is 5.69 Å². The molecule has 0 aliphatic carbocycles. The number of fused-ring (bicyclic) bond motifs is 1. The Morgan fingerprint density at radius 3 is 2.62 bits per heavy atom. The molecule has 1 aromatic rings. The van der Waals surface area contributed by atoms with Crippen molar-refractivity contribution in [1.29, 1.82) is 0 Å². The molecular weight excluding hydrogens is 272 g/mol. The van der Waals surface area contributed by atoms with Crippen LogP contribution in [0.4, 0.5) is 0 Å². The predicted octanol–water partition coefficient (Wildman–Crippen LogP) is -0.0704.